The van der Waals surface area contributed by atoms with E-state index in [1.165, 1.54) is 6.07 Å². The van der Waals surface area contributed by atoms with Crippen LogP contribution in [0.25, 0.3) is 0 Å². The Morgan fingerprint density at radius 1 is 1.37 bits per heavy atom. The molecule has 1 N–H and O–H groups in total. The molecule has 0 radical (unpaired) electrons. The summed E-state index contributed by atoms with van der Waals surface area (Å²) in [5.41, 5.74) is 0.604. The smallest absolute Gasteiger partial charge is 0.223 e. The molecule has 0 bridgehead atoms. The maximum absolute atomic E-state index is 13.0. The van der Waals surface area contributed by atoms with Gasteiger partial charge in [-0.1, -0.05) is 6.07 Å². The van der Waals surface area contributed by atoms with E-state index in [4.69, 9.17) is 5.11 Å². The quantitative estimate of drug-likeness (QED) is 0.906. The zero-order chi connectivity index (χ0) is 13.8. The molecule has 1 amide bonds. The summed E-state index contributed by atoms with van der Waals surface area (Å²) in [4.78, 5) is 13.7. The van der Waals surface area contributed by atoms with Gasteiger partial charge in [-0.3, -0.25) is 4.79 Å². The van der Waals surface area contributed by atoms with E-state index >= 15 is 0 Å². The normalized spacial score (nSPS) is 18.9. The molecule has 104 valence electrons. The Bertz CT molecular complexity index is 465. The summed E-state index contributed by atoms with van der Waals surface area (Å²) in [5, 5.41) is 9.15. The lowest BCUT2D eigenvalue weighted by atomic mass is 10.1. The highest BCUT2D eigenvalue weighted by Crippen LogP contribution is 2.18. The van der Waals surface area contributed by atoms with E-state index in [2.05, 4.69) is 0 Å². The highest BCUT2D eigenvalue weighted by molar-refractivity contribution is 5.77. The van der Waals surface area contributed by atoms with Gasteiger partial charge in [-0.25, -0.2) is 8.78 Å². The predicted octanol–water partition coefficient (Wildman–Crippen LogP) is 1.88. The molecule has 19 heavy (non-hydrogen) atoms. The summed E-state index contributed by atoms with van der Waals surface area (Å²) < 4.78 is 25.8. The second-order valence-electron chi connectivity index (χ2n) is 4.81. The van der Waals surface area contributed by atoms with Crippen LogP contribution in [-0.4, -0.2) is 35.1 Å². The second kappa shape index (κ2) is 6.10. The van der Waals surface area contributed by atoms with Crippen molar-refractivity contribution in [2.75, 3.05) is 13.2 Å². The average molecular weight is 269 g/mol. The second-order valence-corrected chi connectivity index (χ2v) is 4.81. The average Bonchev–Trinajstić information content (AvgIpc) is 2.88. The molecule has 2 rings (SSSR count). The van der Waals surface area contributed by atoms with Crippen molar-refractivity contribution in [2.45, 2.75) is 31.7 Å². The van der Waals surface area contributed by atoms with Gasteiger partial charge in [0.05, 0.1) is 12.6 Å². The van der Waals surface area contributed by atoms with Crippen LogP contribution in [0.5, 0.6) is 0 Å². The van der Waals surface area contributed by atoms with Crippen LogP contribution in [0.15, 0.2) is 18.2 Å². The molecule has 1 atom stereocenters. The van der Waals surface area contributed by atoms with Crippen molar-refractivity contribution in [1.82, 2.24) is 4.90 Å². The Labute approximate surface area is 110 Å². The Morgan fingerprint density at radius 2 is 2.16 bits per heavy atom. The minimum absolute atomic E-state index is 0.0169. The van der Waals surface area contributed by atoms with Gasteiger partial charge >= 0.3 is 0 Å². The summed E-state index contributed by atoms with van der Waals surface area (Å²) in [7, 11) is 0. The number of nitrogens with zero attached hydrogens (tertiary/aromatic N) is 1. The van der Waals surface area contributed by atoms with Crippen molar-refractivity contribution in [3.8, 4) is 0 Å². The van der Waals surface area contributed by atoms with Crippen molar-refractivity contribution in [3.63, 3.8) is 0 Å². The fourth-order valence-electron chi connectivity index (χ4n) is 2.44. The highest BCUT2D eigenvalue weighted by atomic mass is 19.2. The standard InChI is InChI=1S/C14H17F2NO2/c15-12-5-3-10(8-13(12)16)4-6-14(19)17-7-1-2-11(17)9-18/h3,5,8,11,18H,1-2,4,6-7,9H2. The molecule has 0 aliphatic carbocycles. The predicted molar refractivity (Wildman–Crippen MR) is 66.5 cm³/mol. The van der Waals surface area contributed by atoms with Gasteiger partial charge in [0.1, 0.15) is 0 Å². The number of hydrogen-bond acceptors (Lipinski definition) is 2. The van der Waals surface area contributed by atoms with Gasteiger partial charge in [0.2, 0.25) is 5.91 Å². The molecule has 1 aliphatic rings. The number of carbonyl (C=O) groups excluding carboxylic acids is 1. The van der Waals surface area contributed by atoms with E-state index in [1.54, 1.807) is 4.90 Å². The topological polar surface area (TPSA) is 40.5 Å². The number of halogens is 2. The van der Waals surface area contributed by atoms with E-state index in [1.807, 2.05) is 0 Å². The first-order valence-corrected chi connectivity index (χ1v) is 6.46. The number of likely N-dealkylation sites (tertiary alicyclic amines) is 1. The van der Waals surface area contributed by atoms with Gasteiger partial charge in [-0.05, 0) is 37.0 Å². The molecule has 3 nitrogen and oxygen atoms in total. The van der Waals surface area contributed by atoms with Gasteiger partial charge < -0.3 is 10.0 Å². The van der Waals surface area contributed by atoms with Crippen LogP contribution in [0.4, 0.5) is 8.78 Å². The van der Waals surface area contributed by atoms with Crippen LogP contribution < -0.4 is 0 Å². The largest absolute Gasteiger partial charge is 0.394 e. The van der Waals surface area contributed by atoms with Crippen LogP contribution in [0.3, 0.4) is 0 Å². The minimum Gasteiger partial charge on any atom is -0.394 e. The van der Waals surface area contributed by atoms with Crippen molar-refractivity contribution >= 4 is 5.91 Å². The third kappa shape index (κ3) is 3.29. The van der Waals surface area contributed by atoms with Crippen molar-refractivity contribution in [2.24, 2.45) is 0 Å². The summed E-state index contributed by atoms with van der Waals surface area (Å²) in [5.74, 6) is -1.81. The molecule has 1 fully saturated rings. The number of benzene rings is 1. The van der Waals surface area contributed by atoms with E-state index in [-0.39, 0.29) is 25.0 Å². The third-order valence-electron chi connectivity index (χ3n) is 3.52. The van der Waals surface area contributed by atoms with Crippen LogP contribution in [0.2, 0.25) is 0 Å². The Morgan fingerprint density at radius 3 is 2.84 bits per heavy atom. The van der Waals surface area contributed by atoms with Crippen molar-refractivity contribution in [3.05, 3.63) is 35.4 Å². The lowest BCUT2D eigenvalue weighted by Gasteiger charge is -2.23. The summed E-state index contributed by atoms with van der Waals surface area (Å²) in [6, 6.07) is 3.59. The minimum atomic E-state index is -0.889. The molecule has 1 aromatic rings. The zero-order valence-electron chi connectivity index (χ0n) is 10.6. The fraction of sp³-hybridized carbons (Fsp3) is 0.500. The van der Waals surface area contributed by atoms with Crippen LogP contribution in [0.1, 0.15) is 24.8 Å². The van der Waals surface area contributed by atoms with Gasteiger partial charge in [0.25, 0.3) is 0 Å². The van der Waals surface area contributed by atoms with Crippen LogP contribution in [-0.2, 0) is 11.2 Å². The van der Waals surface area contributed by atoms with Crippen molar-refractivity contribution in [1.29, 1.82) is 0 Å². The molecule has 0 spiro atoms. The first-order valence-electron chi connectivity index (χ1n) is 6.46. The molecular weight excluding hydrogens is 252 g/mol. The lowest BCUT2D eigenvalue weighted by molar-refractivity contribution is -0.132. The van der Waals surface area contributed by atoms with E-state index in [0.717, 1.165) is 25.0 Å². The molecule has 0 aromatic heterocycles. The van der Waals surface area contributed by atoms with Crippen LogP contribution >= 0.6 is 0 Å². The molecule has 1 saturated heterocycles. The number of amides is 1. The first kappa shape index (κ1) is 13.9. The Kier molecular flexibility index (Phi) is 4.47. The highest BCUT2D eigenvalue weighted by Gasteiger charge is 2.27. The fourth-order valence-corrected chi connectivity index (χ4v) is 2.44. The van der Waals surface area contributed by atoms with E-state index in [0.29, 0.717) is 18.5 Å². The molecule has 1 aliphatic heterocycles. The number of carbonyl (C=O) groups is 1. The summed E-state index contributed by atoms with van der Waals surface area (Å²) >= 11 is 0. The molecule has 1 unspecified atom stereocenters. The lowest BCUT2D eigenvalue weighted by Crippen LogP contribution is -2.37. The maximum atomic E-state index is 13.0. The Hall–Kier alpha value is -1.49. The van der Waals surface area contributed by atoms with E-state index < -0.39 is 11.6 Å². The maximum Gasteiger partial charge on any atom is 0.223 e. The SMILES string of the molecule is O=C(CCc1ccc(F)c(F)c1)N1CCCC1CO. The molecule has 1 heterocycles. The monoisotopic (exact) mass is 269 g/mol. The molecule has 5 heteroatoms. The van der Waals surface area contributed by atoms with Gasteiger partial charge in [0, 0.05) is 13.0 Å². The van der Waals surface area contributed by atoms with E-state index in [9.17, 15) is 13.6 Å². The Balaban J connectivity index is 1.91. The van der Waals surface area contributed by atoms with Crippen molar-refractivity contribution < 1.29 is 18.7 Å². The number of aryl methyl sites for hydroxylation is 1. The zero-order valence-corrected chi connectivity index (χ0v) is 10.6. The van der Waals surface area contributed by atoms with Gasteiger partial charge in [0.15, 0.2) is 11.6 Å². The van der Waals surface area contributed by atoms with Crippen LogP contribution in [0, 0.1) is 11.6 Å². The number of aliphatic hydroxyl groups excluding tert-OH is 1. The molecule has 0 saturated carbocycles. The third-order valence-corrected chi connectivity index (χ3v) is 3.52. The molecular formula is C14H17F2NO2. The first-order chi connectivity index (χ1) is 9.11. The molecule has 1 aromatic carbocycles. The number of hydrogen-bond donors (Lipinski definition) is 1. The summed E-state index contributed by atoms with van der Waals surface area (Å²) in [6.07, 6.45) is 2.36. The summed E-state index contributed by atoms with van der Waals surface area (Å²) in [6.45, 7) is 0.652. The number of rotatable bonds is 4. The van der Waals surface area contributed by atoms with Gasteiger partial charge in [-0.2, -0.15) is 0 Å². The number of aliphatic hydroxyl groups is 1. The van der Waals surface area contributed by atoms with Gasteiger partial charge in [-0.15, -0.1) is 0 Å².